The minimum absolute atomic E-state index is 0.0353. The lowest BCUT2D eigenvalue weighted by atomic mass is 10.2. The number of rotatable bonds is 5. The summed E-state index contributed by atoms with van der Waals surface area (Å²) in [4.78, 5) is 14.3. The van der Waals surface area contributed by atoms with Crippen LogP contribution in [0, 0.1) is 0 Å². The van der Waals surface area contributed by atoms with E-state index in [2.05, 4.69) is 9.71 Å². The molecule has 0 spiro atoms. The summed E-state index contributed by atoms with van der Waals surface area (Å²) in [5.41, 5.74) is 0.0670. The molecule has 1 heterocycles. The molecular weight excluding hydrogens is 268 g/mol. The zero-order valence-corrected chi connectivity index (χ0v) is 11.1. The summed E-state index contributed by atoms with van der Waals surface area (Å²) in [5.74, 6) is -1.10. The first-order valence-electron chi connectivity index (χ1n) is 5.71. The van der Waals surface area contributed by atoms with Crippen LogP contribution in [0.5, 0.6) is 0 Å². The van der Waals surface area contributed by atoms with Gasteiger partial charge in [-0.15, -0.1) is 0 Å². The highest BCUT2D eigenvalue weighted by atomic mass is 32.2. The first kappa shape index (κ1) is 13.7. The fraction of sp³-hybridized carbons (Fsp3) is 0.333. The molecule has 2 N–H and O–H groups in total. The number of carboxylic acids is 1. The van der Waals surface area contributed by atoms with Gasteiger partial charge in [-0.25, -0.2) is 17.9 Å². The average Bonchev–Trinajstić information content (AvgIpc) is 3.03. The van der Waals surface area contributed by atoms with Gasteiger partial charge in [0.15, 0.2) is 0 Å². The van der Waals surface area contributed by atoms with Gasteiger partial charge in [-0.2, -0.15) is 0 Å². The van der Waals surface area contributed by atoms with Gasteiger partial charge in [-0.3, -0.25) is 4.98 Å². The summed E-state index contributed by atoms with van der Waals surface area (Å²) in [7, 11) is -3.61. The largest absolute Gasteiger partial charge is 0.478 e. The van der Waals surface area contributed by atoms with Crippen molar-refractivity contribution in [2.24, 2.45) is 0 Å². The third-order valence-electron chi connectivity index (χ3n) is 2.84. The Kier molecular flexibility index (Phi) is 3.42. The van der Waals surface area contributed by atoms with E-state index < -0.39 is 16.0 Å². The maximum Gasteiger partial charge on any atom is 0.328 e. The third kappa shape index (κ3) is 3.62. The summed E-state index contributed by atoms with van der Waals surface area (Å²) >= 11 is 0. The third-order valence-corrected chi connectivity index (χ3v) is 4.45. The molecule has 1 fully saturated rings. The standard InChI is InChI=1S/C12H14N2O4S/c1-12(4-5-12)14-19(17,18)10-6-9(7-13-8-10)2-3-11(15)16/h2-3,6-8,14H,4-5H2,1H3,(H,15,16)/b3-2+. The quantitative estimate of drug-likeness (QED) is 0.786. The van der Waals surface area contributed by atoms with Crippen molar-refractivity contribution in [3.05, 3.63) is 30.1 Å². The fourth-order valence-corrected chi connectivity index (χ4v) is 2.98. The average molecular weight is 282 g/mol. The van der Waals surface area contributed by atoms with Crippen LogP contribution in [-0.2, 0) is 14.8 Å². The Hall–Kier alpha value is -1.73. The molecule has 0 radical (unpaired) electrons. The molecule has 19 heavy (non-hydrogen) atoms. The highest BCUT2D eigenvalue weighted by molar-refractivity contribution is 7.89. The highest BCUT2D eigenvalue weighted by Gasteiger charge is 2.41. The molecule has 0 saturated heterocycles. The minimum Gasteiger partial charge on any atom is -0.478 e. The van der Waals surface area contributed by atoms with Crippen LogP contribution >= 0.6 is 0 Å². The van der Waals surface area contributed by atoms with Crippen molar-refractivity contribution < 1.29 is 18.3 Å². The van der Waals surface area contributed by atoms with Crippen molar-refractivity contribution in [3.8, 4) is 0 Å². The molecule has 102 valence electrons. The number of carbonyl (C=O) groups is 1. The molecule has 1 aromatic rings. The number of hydrogen-bond donors (Lipinski definition) is 2. The second-order valence-corrected chi connectivity index (χ2v) is 6.47. The smallest absolute Gasteiger partial charge is 0.328 e. The van der Waals surface area contributed by atoms with Crippen molar-refractivity contribution in [2.75, 3.05) is 0 Å². The van der Waals surface area contributed by atoms with Gasteiger partial charge < -0.3 is 5.11 Å². The Morgan fingerprint density at radius 1 is 1.47 bits per heavy atom. The molecule has 0 unspecified atom stereocenters. The predicted molar refractivity (Wildman–Crippen MR) is 68.9 cm³/mol. The monoisotopic (exact) mass is 282 g/mol. The van der Waals surface area contributed by atoms with Gasteiger partial charge in [-0.1, -0.05) is 0 Å². The van der Waals surface area contributed by atoms with E-state index in [4.69, 9.17) is 5.11 Å². The van der Waals surface area contributed by atoms with Crippen LogP contribution in [0.3, 0.4) is 0 Å². The van der Waals surface area contributed by atoms with Gasteiger partial charge in [-0.05, 0) is 37.5 Å². The van der Waals surface area contributed by atoms with Crippen molar-refractivity contribution >= 4 is 22.1 Å². The van der Waals surface area contributed by atoms with E-state index in [1.807, 2.05) is 6.92 Å². The molecule has 1 aromatic heterocycles. The van der Waals surface area contributed by atoms with Crippen LogP contribution in [0.1, 0.15) is 25.3 Å². The van der Waals surface area contributed by atoms with Crippen LogP contribution in [0.15, 0.2) is 29.4 Å². The molecule has 0 bridgehead atoms. The van der Waals surface area contributed by atoms with Crippen molar-refractivity contribution in [1.82, 2.24) is 9.71 Å². The maximum absolute atomic E-state index is 12.1. The molecule has 1 saturated carbocycles. The molecule has 7 heteroatoms. The van der Waals surface area contributed by atoms with Crippen molar-refractivity contribution in [1.29, 1.82) is 0 Å². The molecule has 1 aliphatic carbocycles. The summed E-state index contributed by atoms with van der Waals surface area (Å²) in [6, 6.07) is 1.39. The normalized spacial score (nSPS) is 17.5. The number of aliphatic carboxylic acids is 1. The zero-order valence-electron chi connectivity index (χ0n) is 10.3. The van der Waals surface area contributed by atoms with Crippen molar-refractivity contribution in [3.63, 3.8) is 0 Å². The van der Waals surface area contributed by atoms with Crippen LogP contribution in [-0.4, -0.2) is 30.0 Å². The Labute approximate surface area is 111 Å². The molecule has 0 aromatic carbocycles. The van der Waals surface area contributed by atoms with Gasteiger partial charge in [0.25, 0.3) is 0 Å². The maximum atomic E-state index is 12.1. The van der Waals surface area contributed by atoms with E-state index in [0.717, 1.165) is 18.9 Å². The molecular formula is C12H14N2O4S. The lowest BCUT2D eigenvalue weighted by molar-refractivity contribution is -0.131. The first-order valence-corrected chi connectivity index (χ1v) is 7.19. The summed E-state index contributed by atoms with van der Waals surface area (Å²) in [5, 5.41) is 8.53. The van der Waals surface area contributed by atoms with Gasteiger partial charge in [0.1, 0.15) is 4.90 Å². The molecule has 6 nitrogen and oxygen atoms in total. The summed E-state index contributed by atoms with van der Waals surface area (Å²) in [6.07, 6.45) is 6.51. The molecule has 0 aliphatic heterocycles. The van der Waals surface area contributed by atoms with E-state index in [1.54, 1.807) is 0 Å². The van der Waals surface area contributed by atoms with Crippen molar-refractivity contribution in [2.45, 2.75) is 30.2 Å². The fourth-order valence-electron chi connectivity index (χ4n) is 1.51. The number of carboxylic acid groups (broad SMARTS) is 1. The Balaban J connectivity index is 2.25. The van der Waals surface area contributed by atoms with Crippen LogP contribution in [0.4, 0.5) is 0 Å². The van der Waals surface area contributed by atoms with E-state index in [-0.39, 0.29) is 10.4 Å². The number of nitrogens with zero attached hydrogens (tertiary/aromatic N) is 1. The number of nitrogens with one attached hydrogen (secondary N) is 1. The molecule has 0 atom stereocenters. The van der Waals surface area contributed by atoms with E-state index in [9.17, 15) is 13.2 Å². The van der Waals surface area contributed by atoms with E-state index >= 15 is 0 Å². The van der Waals surface area contributed by atoms with Gasteiger partial charge in [0.2, 0.25) is 10.0 Å². The lowest BCUT2D eigenvalue weighted by Gasteiger charge is -2.12. The lowest BCUT2D eigenvalue weighted by Crippen LogP contribution is -2.34. The van der Waals surface area contributed by atoms with Gasteiger partial charge in [0, 0.05) is 24.0 Å². The van der Waals surface area contributed by atoms with Crippen LogP contribution in [0.2, 0.25) is 0 Å². The summed E-state index contributed by atoms with van der Waals surface area (Å²) in [6.45, 7) is 1.84. The van der Waals surface area contributed by atoms with E-state index in [0.29, 0.717) is 5.56 Å². The SMILES string of the molecule is CC1(NS(=O)(=O)c2cncc(/C=C/C(=O)O)c2)CC1. The zero-order chi connectivity index (χ0) is 14.1. The Bertz CT molecular complexity index is 633. The topological polar surface area (TPSA) is 96.4 Å². The second kappa shape index (κ2) is 4.75. The van der Waals surface area contributed by atoms with Gasteiger partial charge in [0.05, 0.1) is 0 Å². The molecule has 2 rings (SSSR count). The van der Waals surface area contributed by atoms with Crippen LogP contribution in [0.25, 0.3) is 6.08 Å². The minimum atomic E-state index is -3.61. The summed E-state index contributed by atoms with van der Waals surface area (Å²) < 4.78 is 26.8. The number of hydrogen-bond acceptors (Lipinski definition) is 4. The Morgan fingerprint density at radius 3 is 2.74 bits per heavy atom. The molecule has 1 aliphatic rings. The molecule has 0 amide bonds. The van der Waals surface area contributed by atoms with Gasteiger partial charge >= 0.3 is 5.97 Å². The number of pyridine rings is 1. The first-order chi connectivity index (χ1) is 8.81. The van der Waals surface area contributed by atoms with Crippen LogP contribution < -0.4 is 4.72 Å². The predicted octanol–water partition coefficient (Wildman–Crippen LogP) is 1.01. The highest BCUT2D eigenvalue weighted by Crippen LogP contribution is 2.35. The number of sulfonamides is 1. The Morgan fingerprint density at radius 2 is 2.16 bits per heavy atom. The van der Waals surface area contributed by atoms with E-state index in [1.165, 1.54) is 24.5 Å². The number of aromatic nitrogens is 1. The second-order valence-electron chi connectivity index (χ2n) is 4.79.